The summed E-state index contributed by atoms with van der Waals surface area (Å²) in [6.07, 6.45) is 1.51. The second-order valence-corrected chi connectivity index (χ2v) is 6.90. The average molecular weight is 410 g/mol. The third kappa shape index (κ3) is 3.60. The van der Waals surface area contributed by atoms with E-state index >= 15 is 0 Å². The first kappa shape index (κ1) is 18.5. The van der Waals surface area contributed by atoms with Crippen molar-refractivity contribution in [1.82, 2.24) is 0 Å². The fourth-order valence-corrected chi connectivity index (χ4v) is 3.32. The molecule has 0 radical (unpaired) electrons. The van der Waals surface area contributed by atoms with Crippen LogP contribution in [0.15, 0.2) is 94.0 Å². The number of nitro groups is 1. The van der Waals surface area contributed by atoms with Crippen LogP contribution >= 0.6 is 0 Å². The summed E-state index contributed by atoms with van der Waals surface area (Å²) < 4.78 is 11.1. The number of hydrogen-bond acceptors (Lipinski definition) is 6. The maximum atomic E-state index is 12.3. The molecule has 0 bridgehead atoms. The van der Waals surface area contributed by atoms with Gasteiger partial charge in [-0.05, 0) is 47.2 Å². The number of carbonyl (C=O) groups excluding carboxylic acids is 1. The Bertz CT molecular complexity index is 1400. The first-order chi connectivity index (χ1) is 15.1. The number of cyclic esters (lactones) is 1. The molecule has 0 spiro atoms. The Morgan fingerprint density at radius 1 is 0.871 bits per heavy atom. The molecule has 1 aliphatic heterocycles. The van der Waals surface area contributed by atoms with Crippen LogP contribution in [-0.2, 0) is 9.53 Å². The third-order valence-corrected chi connectivity index (χ3v) is 4.89. The molecule has 0 fully saturated rings. The van der Waals surface area contributed by atoms with E-state index in [1.807, 2.05) is 42.5 Å². The van der Waals surface area contributed by atoms with Crippen molar-refractivity contribution >= 4 is 34.4 Å². The average Bonchev–Trinajstić information content (AvgIpc) is 3.40. The van der Waals surface area contributed by atoms with Gasteiger partial charge in [0, 0.05) is 29.3 Å². The van der Waals surface area contributed by atoms with E-state index in [0.717, 1.165) is 10.8 Å². The fraction of sp³-hybridized carbons (Fsp3) is 0. The summed E-state index contributed by atoms with van der Waals surface area (Å²) in [6, 6.07) is 23.1. The summed E-state index contributed by atoms with van der Waals surface area (Å²) in [7, 11) is 0. The van der Waals surface area contributed by atoms with Gasteiger partial charge in [-0.25, -0.2) is 9.79 Å². The molecular formula is C24H14N2O5. The lowest BCUT2D eigenvalue weighted by Crippen LogP contribution is -2.05. The molecule has 1 aliphatic rings. The van der Waals surface area contributed by atoms with Crippen LogP contribution in [-0.4, -0.2) is 16.8 Å². The van der Waals surface area contributed by atoms with Crippen molar-refractivity contribution in [2.75, 3.05) is 0 Å². The van der Waals surface area contributed by atoms with Crippen molar-refractivity contribution in [3.8, 4) is 11.3 Å². The van der Waals surface area contributed by atoms with Crippen LogP contribution in [0.3, 0.4) is 0 Å². The van der Waals surface area contributed by atoms with Gasteiger partial charge in [-0.2, -0.15) is 0 Å². The number of nitrogens with zero attached hydrogens (tertiary/aromatic N) is 2. The Kier molecular flexibility index (Phi) is 4.41. The summed E-state index contributed by atoms with van der Waals surface area (Å²) >= 11 is 0. The number of fused-ring (bicyclic) bond motifs is 1. The number of ether oxygens (including phenoxy) is 1. The zero-order valence-electron chi connectivity index (χ0n) is 16.0. The van der Waals surface area contributed by atoms with Crippen LogP contribution in [0.25, 0.3) is 28.2 Å². The van der Waals surface area contributed by atoms with Crippen molar-refractivity contribution in [2.24, 2.45) is 4.99 Å². The number of hydrogen-bond donors (Lipinski definition) is 0. The van der Waals surface area contributed by atoms with Gasteiger partial charge in [0.15, 0.2) is 5.70 Å². The van der Waals surface area contributed by atoms with Crippen LogP contribution in [0, 0.1) is 10.1 Å². The molecule has 0 amide bonds. The van der Waals surface area contributed by atoms with Gasteiger partial charge in [-0.15, -0.1) is 0 Å². The maximum Gasteiger partial charge on any atom is 0.363 e. The van der Waals surface area contributed by atoms with Gasteiger partial charge < -0.3 is 9.15 Å². The lowest BCUT2D eigenvalue weighted by Gasteiger charge is -2.02. The van der Waals surface area contributed by atoms with Gasteiger partial charge in [-0.3, -0.25) is 10.1 Å². The van der Waals surface area contributed by atoms with Crippen LogP contribution < -0.4 is 0 Å². The predicted molar refractivity (Wildman–Crippen MR) is 115 cm³/mol. The number of aliphatic imine (C=N–C) groups is 1. The van der Waals surface area contributed by atoms with Crippen molar-refractivity contribution in [1.29, 1.82) is 0 Å². The van der Waals surface area contributed by atoms with Crippen LogP contribution in [0.5, 0.6) is 0 Å². The number of carbonyl (C=O) groups is 1. The van der Waals surface area contributed by atoms with Crippen LogP contribution in [0.4, 0.5) is 5.69 Å². The van der Waals surface area contributed by atoms with Gasteiger partial charge in [-0.1, -0.05) is 30.3 Å². The molecule has 7 heteroatoms. The maximum absolute atomic E-state index is 12.3. The summed E-state index contributed by atoms with van der Waals surface area (Å²) in [6.45, 7) is 0. The number of benzene rings is 3. The minimum Gasteiger partial charge on any atom is -0.457 e. The topological polar surface area (TPSA) is 94.9 Å². The Labute approximate surface area is 176 Å². The van der Waals surface area contributed by atoms with Crippen molar-refractivity contribution in [2.45, 2.75) is 0 Å². The largest absolute Gasteiger partial charge is 0.457 e. The molecule has 31 heavy (non-hydrogen) atoms. The molecule has 0 aliphatic carbocycles. The number of nitro benzene ring substituents is 1. The Morgan fingerprint density at radius 2 is 1.61 bits per heavy atom. The van der Waals surface area contributed by atoms with Gasteiger partial charge in [0.2, 0.25) is 5.90 Å². The highest BCUT2D eigenvalue weighted by molar-refractivity contribution is 6.13. The van der Waals surface area contributed by atoms with Crippen LogP contribution in [0.1, 0.15) is 11.3 Å². The molecule has 0 unspecified atom stereocenters. The van der Waals surface area contributed by atoms with E-state index in [2.05, 4.69) is 4.99 Å². The van der Waals surface area contributed by atoms with E-state index in [0.29, 0.717) is 22.6 Å². The van der Waals surface area contributed by atoms with Gasteiger partial charge in [0.05, 0.1) is 4.92 Å². The molecule has 0 N–H and O–H groups in total. The van der Waals surface area contributed by atoms with Crippen LogP contribution in [0.2, 0.25) is 0 Å². The standard InChI is InChI=1S/C24H14N2O5/c27-24-21(25-23(31-24)18-6-5-15-3-1-2-4-17(15)13-18)14-20-11-12-22(30-20)16-7-9-19(10-8-16)26(28)29/h1-14H/b21-14-. The first-order valence-corrected chi connectivity index (χ1v) is 9.43. The Morgan fingerprint density at radius 3 is 2.39 bits per heavy atom. The summed E-state index contributed by atoms with van der Waals surface area (Å²) in [4.78, 5) is 26.9. The van der Waals surface area contributed by atoms with E-state index in [1.165, 1.54) is 18.2 Å². The zero-order valence-corrected chi connectivity index (χ0v) is 16.0. The van der Waals surface area contributed by atoms with E-state index in [1.54, 1.807) is 24.3 Å². The van der Waals surface area contributed by atoms with Crippen molar-refractivity contribution in [3.63, 3.8) is 0 Å². The minimum atomic E-state index is -0.559. The van der Waals surface area contributed by atoms with E-state index < -0.39 is 10.9 Å². The molecule has 3 aromatic carbocycles. The smallest absolute Gasteiger partial charge is 0.363 e. The molecular weight excluding hydrogens is 396 g/mol. The monoisotopic (exact) mass is 410 g/mol. The van der Waals surface area contributed by atoms with Crippen molar-refractivity contribution in [3.05, 3.63) is 106 Å². The summed E-state index contributed by atoms with van der Waals surface area (Å²) in [5.74, 6) is 0.622. The molecule has 0 saturated heterocycles. The molecule has 150 valence electrons. The fourth-order valence-electron chi connectivity index (χ4n) is 3.32. The zero-order chi connectivity index (χ0) is 21.4. The van der Waals surface area contributed by atoms with E-state index in [9.17, 15) is 14.9 Å². The van der Waals surface area contributed by atoms with Gasteiger partial charge in [0.25, 0.3) is 5.69 Å². The molecule has 5 rings (SSSR count). The molecule has 1 aromatic heterocycles. The predicted octanol–water partition coefficient (Wildman–Crippen LogP) is 5.35. The van der Waals surface area contributed by atoms with Crippen molar-refractivity contribution < 1.29 is 18.9 Å². The Hall–Kier alpha value is -4.52. The van der Waals surface area contributed by atoms with Gasteiger partial charge >= 0.3 is 5.97 Å². The highest BCUT2D eigenvalue weighted by Gasteiger charge is 2.24. The highest BCUT2D eigenvalue weighted by Crippen LogP contribution is 2.27. The number of non-ortho nitro benzene ring substituents is 1. The van der Waals surface area contributed by atoms with E-state index in [-0.39, 0.29) is 17.3 Å². The number of furan rings is 1. The Balaban J connectivity index is 1.42. The number of rotatable bonds is 4. The quantitative estimate of drug-likeness (QED) is 0.196. The first-order valence-electron chi connectivity index (χ1n) is 9.43. The van der Waals surface area contributed by atoms with Gasteiger partial charge in [0.1, 0.15) is 11.5 Å². The SMILES string of the molecule is O=C1OC(c2ccc3ccccc3c2)=N/C1=C\c1ccc(-c2ccc([N+](=O)[O-])cc2)o1. The third-order valence-electron chi connectivity index (χ3n) is 4.89. The normalized spacial score (nSPS) is 14.6. The minimum absolute atomic E-state index is 0.00176. The number of esters is 1. The molecule has 4 aromatic rings. The molecule has 0 saturated carbocycles. The summed E-state index contributed by atoms with van der Waals surface area (Å²) in [5, 5.41) is 12.9. The lowest BCUT2D eigenvalue weighted by atomic mass is 10.1. The molecule has 0 atom stereocenters. The highest BCUT2D eigenvalue weighted by atomic mass is 16.6. The second kappa shape index (κ2) is 7.38. The van der Waals surface area contributed by atoms with E-state index in [4.69, 9.17) is 9.15 Å². The lowest BCUT2D eigenvalue weighted by molar-refractivity contribution is -0.384. The molecule has 2 heterocycles. The second-order valence-electron chi connectivity index (χ2n) is 6.90. The summed E-state index contributed by atoms with van der Waals surface area (Å²) in [5.41, 5.74) is 1.53. The molecule has 7 nitrogen and oxygen atoms in total.